The van der Waals surface area contributed by atoms with Crippen LogP contribution in [0.25, 0.3) is 0 Å². The van der Waals surface area contributed by atoms with Crippen LogP contribution in [0.1, 0.15) is 52.7 Å². The maximum atomic E-state index is 6.77. The van der Waals surface area contributed by atoms with E-state index in [1.807, 2.05) is 18.2 Å². The van der Waals surface area contributed by atoms with Gasteiger partial charge in [0.2, 0.25) is 0 Å². The zero-order chi connectivity index (χ0) is 19.4. The molecule has 3 nitrogen and oxygen atoms in total. The van der Waals surface area contributed by atoms with E-state index in [1.54, 1.807) is 0 Å². The second-order valence-corrected chi connectivity index (χ2v) is 13.4. The molecule has 1 saturated heterocycles. The molecule has 1 aromatic rings. The van der Waals surface area contributed by atoms with E-state index in [-0.39, 0.29) is 17.8 Å². The lowest BCUT2D eigenvalue weighted by atomic mass is 9.93. The predicted molar refractivity (Wildman–Crippen MR) is 114 cm³/mol. The first-order chi connectivity index (χ1) is 12.3. The van der Waals surface area contributed by atoms with Crippen molar-refractivity contribution in [1.82, 2.24) is 5.32 Å². The average Bonchev–Trinajstić information content (AvgIpc) is 2.57. The molecular weight excluding hydrogens is 385 g/mol. The van der Waals surface area contributed by atoms with Crippen molar-refractivity contribution in [3.8, 4) is 0 Å². The van der Waals surface area contributed by atoms with Gasteiger partial charge in [-0.25, -0.2) is 0 Å². The van der Waals surface area contributed by atoms with Crippen molar-refractivity contribution in [2.24, 2.45) is 0 Å². The molecule has 1 aliphatic rings. The standard InChI is InChI=1S/C20H33Cl2NO2Si/c1-6-26(7-2,8-3)25-18(19-16(21)10-9-11-17(19)22)14-23-13-15-12-20(4,5)24-15/h9-11,15,18,23H,6-8,12-14H2,1-5H3/t15-,18?/m1/s1. The van der Waals surface area contributed by atoms with Crippen molar-refractivity contribution in [2.45, 2.75) is 77.0 Å². The molecule has 0 spiro atoms. The number of hydrogen-bond donors (Lipinski definition) is 1. The van der Waals surface area contributed by atoms with Crippen LogP contribution in [0.3, 0.4) is 0 Å². The highest BCUT2D eigenvalue weighted by Crippen LogP contribution is 2.37. The van der Waals surface area contributed by atoms with Gasteiger partial charge in [-0.1, -0.05) is 50.0 Å². The van der Waals surface area contributed by atoms with Crippen LogP contribution >= 0.6 is 23.2 Å². The van der Waals surface area contributed by atoms with E-state index in [2.05, 4.69) is 39.9 Å². The van der Waals surface area contributed by atoms with Crippen molar-refractivity contribution in [3.05, 3.63) is 33.8 Å². The molecular formula is C20H33Cl2NO2Si. The second kappa shape index (κ2) is 9.40. The number of ether oxygens (including phenoxy) is 1. The highest BCUT2D eigenvalue weighted by atomic mass is 35.5. The Morgan fingerprint density at radius 3 is 2.19 bits per heavy atom. The van der Waals surface area contributed by atoms with E-state index in [4.69, 9.17) is 32.4 Å². The number of halogens is 2. The molecule has 0 aliphatic carbocycles. The van der Waals surface area contributed by atoms with E-state index in [9.17, 15) is 0 Å². The maximum Gasteiger partial charge on any atom is 0.192 e. The summed E-state index contributed by atoms with van der Waals surface area (Å²) < 4.78 is 12.7. The first-order valence-corrected chi connectivity index (χ1v) is 13.0. The molecule has 0 bridgehead atoms. The Hall–Kier alpha value is -0.103. The average molecular weight is 418 g/mol. The Morgan fingerprint density at radius 2 is 1.73 bits per heavy atom. The van der Waals surface area contributed by atoms with Gasteiger partial charge < -0.3 is 14.5 Å². The predicted octanol–water partition coefficient (Wildman–Crippen LogP) is 6.21. The SMILES string of the molecule is CC[Si](CC)(CC)OC(CNC[C@H]1CC(C)(C)O1)c1c(Cl)cccc1Cl. The molecule has 0 radical (unpaired) electrons. The van der Waals surface area contributed by atoms with Crippen LogP contribution in [0.15, 0.2) is 18.2 Å². The molecule has 1 aromatic carbocycles. The van der Waals surface area contributed by atoms with Gasteiger partial charge in [0.05, 0.1) is 17.8 Å². The zero-order valence-electron chi connectivity index (χ0n) is 16.7. The molecule has 1 aliphatic heterocycles. The van der Waals surface area contributed by atoms with Gasteiger partial charge in [-0.3, -0.25) is 0 Å². The lowest BCUT2D eigenvalue weighted by Gasteiger charge is -2.43. The van der Waals surface area contributed by atoms with Crippen LogP contribution in [0, 0.1) is 0 Å². The lowest BCUT2D eigenvalue weighted by Crippen LogP contribution is -2.50. The highest BCUT2D eigenvalue weighted by Gasteiger charge is 2.37. The molecule has 0 saturated carbocycles. The van der Waals surface area contributed by atoms with E-state index >= 15 is 0 Å². The summed E-state index contributed by atoms with van der Waals surface area (Å²) in [6.07, 6.45) is 1.23. The molecule has 26 heavy (non-hydrogen) atoms. The fraction of sp³-hybridized carbons (Fsp3) is 0.700. The first-order valence-electron chi connectivity index (χ1n) is 9.76. The van der Waals surface area contributed by atoms with Gasteiger partial charge >= 0.3 is 0 Å². The molecule has 1 fully saturated rings. The third-order valence-corrected chi connectivity index (χ3v) is 10.9. The van der Waals surface area contributed by atoms with Gasteiger partial charge in [0.25, 0.3) is 0 Å². The van der Waals surface area contributed by atoms with Gasteiger partial charge in [0, 0.05) is 35.1 Å². The zero-order valence-corrected chi connectivity index (χ0v) is 19.2. The van der Waals surface area contributed by atoms with Gasteiger partial charge in [-0.2, -0.15) is 0 Å². The molecule has 2 rings (SSSR count). The van der Waals surface area contributed by atoms with Crippen molar-refractivity contribution < 1.29 is 9.16 Å². The Balaban J connectivity index is 2.11. The largest absolute Gasteiger partial charge is 0.409 e. The van der Waals surface area contributed by atoms with Crippen molar-refractivity contribution >= 4 is 31.5 Å². The van der Waals surface area contributed by atoms with Gasteiger partial charge in [0.1, 0.15) is 0 Å². The fourth-order valence-corrected chi connectivity index (χ4v) is 7.25. The summed E-state index contributed by atoms with van der Waals surface area (Å²) in [5.41, 5.74) is 0.925. The van der Waals surface area contributed by atoms with Crippen molar-refractivity contribution in [1.29, 1.82) is 0 Å². The minimum atomic E-state index is -1.79. The van der Waals surface area contributed by atoms with Gasteiger partial charge in [-0.05, 0) is 44.1 Å². The monoisotopic (exact) mass is 417 g/mol. The van der Waals surface area contributed by atoms with E-state index in [0.717, 1.165) is 36.7 Å². The number of benzene rings is 1. The summed E-state index contributed by atoms with van der Waals surface area (Å²) in [4.78, 5) is 0. The van der Waals surface area contributed by atoms with E-state index < -0.39 is 8.32 Å². The van der Waals surface area contributed by atoms with Crippen molar-refractivity contribution in [2.75, 3.05) is 13.1 Å². The summed E-state index contributed by atoms with van der Waals surface area (Å²) in [6, 6.07) is 8.95. The third-order valence-electron chi connectivity index (χ3n) is 5.55. The quantitative estimate of drug-likeness (QED) is 0.458. The highest BCUT2D eigenvalue weighted by molar-refractivity contribution is 6.73. The van der Waals surface area contributed by atoms with Crippen LogP contribution in [0.2, 0.25) is 28.2 Å². The minimum Gasteiger partial charge on any atom is -0.409 e. The Bertz CT molecular complexity index is 557. The number of nitrogens with one attached hydrogen (secondary N) is 1. The maximum absolute atomic E-state index is 6.77. The summed E-state index contributed by atoms with van der Waals surface area (Å²) >= 11 is 13.0. The summed E-state index contributed by atoms with van der Waals surface area (Å²) in [7, 11) is -1.79. The molecule has 1 N–H and O–H groups in total. The van der Waals surface area contributed by atoms with E-state index in [1.165, 1.54) is 0 Å². The topological polar surface area (TPSA) is 30.5 Å². The van der Waals surface area contributed by atoms with Gasteiger partial charge in [-0.15, -0.1) is 0 Å². The van der Waals surface area contributed by atoms with Crippen LogP contribution < -0.4 is 5.32 Å². The van der Waals surface area contributed by atoms with Gasteiger partial charge in [0.15, 0.2) is 8.32 Å². The molecule has 2 atom stereocenters. The van der Waals surface area contributed by atoms with Crippen molar-refractivity contribution in [3.63, 3.8) is 0 Å². The summed E-state index contributed by atoms with van der Waals surface area (Å²) in [5.74, 6) is 0. The number of hydrogen-bond acceptors (Lipinski definition) is 3. The Kier molecular flexibility index (Phi) is 8.02. The normalized spacial score (nSPS) is 20.7. The molecule has 1 heterocycles. The van der Waals surface area contributed by atoms with Crippen LogP contribution in [-0.2, 0) is 9.16 Å². The lowest BCUT2D eigenvalue weighted by molar-refractivity contribution is -0.181. The minimum absolute atomic E-state index is 0.0169. The fourth-order valence-electron chi connectivity index (χ4n) is 3.80. The first kappa shape index (κ1) is 22.2. The van der Waals surface area contributed by atoms with Crippen LogP contribution in [0.5, 0.6) is 0 Å². The summed E-state index contributed by atoms with van der Waals surface area (Å²) in [5, 5.41) is 4.88. The Morgan fingerprint density at radius 1 is 1.19 bits per heavy atom. The molecule has 1 unspecified atom stereocenters. The van der Waals surface area contributed by atoms with Crippen LogP contribution in [0.4, 0.5) is 0 Å². The second-order valence-electron chi connectivity index (χ2n) is 7.85. The summed E-state index contributed by atoms with van der Waals surface area (Å²) in [6.45, 7) is 12.5. The molecule has 6 heteroatoms. The molecule has 0 amide bonds. The number of rotatable bonds is 10. The van der Waals surface area contributed by atoms with E-state index in [0.29, 0.717) is 16.6 Å². The third kappa shape index (κ3) is 5.46. The molecule has 0 aromatic heterocycles. The smallest absolute Gasteiger partial charge is 0.192 e. The van der Waals surface area contributed by atoms with Crippen LogP contribution in [-0.4, -0.2) is 33.1 Å². The Labute approximate surface area is 169 Å². The molecule has 148 valence electrons.